The number of hydrogen-bond acceptors (Lipinski definition) is 4. The summed E-state index contributed by atoms with van der Waals surface area (Å²) < 4.78 is 5.11. The van der Waals surface area contributed by atoms with E-state index >= 15 is 0 Å². The van der Waals surface area contributed by atoms with Gasteiger partial charge in [-0.3, -0.25) is 4.79 Å². The Labute approximate surface area is 106 Å². The van der Waals surface area contributed by atoms with Gasteiger partial charge in [-0.1, -0.05) is 12.1 Å². The van der Waals surface area contributed by atoms with E-state index in [0.29, 0.717) is 18.7 Å². The van der Waals surface area contributed by atoms with Gasteiger partial charge in [0.2, 0.25) is 5.91 Å². The fraction of sp³-hybridized carbons (Fsp3) is 0.462. The summed E-state index contributed by atoms with van der Waals surface area (Å²) in [7, 11) is 0. The first-order valence-corrected chi connectivity index (χ1v) is 5.99. The number of carbonyl (C=O) groups is 1. The molecule has 1 fully saturated rings. The standard InChI is InChI=1S/C13H18N2O3/c14-11-3-1-10(2-4-11)7-12(16)15-8-13(17)5-6-18-9-13/h1-4,17H,5-9,14H2,(H,15,16). The van der Waals surface area contributed by atoms with Crippen molar-refractivity contribution in [3.05, 3.63) is 29.8 Å². The van der Waals surface area contributed by atoms with Gasteiger partial charge in [-0.05, 0) is 17.7 Å². The Kier molecular flexibility index (Phi) is 3.84. The monoisotopic (exact) mass is 250 g/mol. The van der Waals surface area contributed by atoms with Crippen LogP contribution in [0.15, 0.2) is 24.3 Å². The molecule has 5 heteroatoms. The van der Waals surface area contributed by atoms with E-state index in [1.54, 1.807) is 12.1 Å². The van der Waals surface area contributed by atoms with Crippen LogP contribution in [0.4, 0.5) is 5.69 Å². The Hall–Kier alpha value is -1.59. The van der Waals surface area contributed by atoms with E-state index in [2.05, 4.69) is 5.32 Å². The van der Waals surface area contributed by atoms with Crippen molar-refractivity contribution in [3.63, 3.8) is 0 Å². The average molecular weight is 250 g/mol. The molecule has 0 bridgehead atoms. The second-order valence-corrected chi connectivity index (χ2v) is 4.72. The molecule has 0 aliphatic carbocycles. The van der Waals surface area contributed by atoms with E-state index in [4.69, 9.17) is 10.5 Å². The van der Waals surface area contributed by atoms with Crippen LogP contribution in [0.25, 0.3) is 0 Å². The molecular weight excluding hydrogens is 232 g/mol. The highest BCUT2D eigenvalue weighted by Crippen LogP contribution is 2.16. The molecule has 5 nitrogen and oxygen atoms in total. The number of aliphatic hydroxyl groups is 1. The lowest BCUT2D eigenvalue weighted by atomic mass is 10.0. The molecular formula is C13H18N2O3. The molecule has 1 heterocycles. The zero-order valence-corrected chi connectivity index (χ0v) is 10.2. The molecule has 18 heavy (non-hydrogen) atoms. The fourth-order valence-electron chi connectivity index (χ4n) is 1.88. The molecule has 0 radical (unpaired) electrons. The van der Waals surface area contributed by atoms with Gasteiger partial charge in [-0.25, -0.2) is 0 Å². The van der Waals surface area contributed by atoms with Gasteiger partial charge < -0.3 is 20.9 Å². The number of carbonyl (C=O) groups excluding carboxylic acids is 1. The number of rotatable bonds is 4. The van der Waals surface area contributed by atoms with Gasteiger partial charge in [0, 0.05) is 25.3 Å². The van der Waals surface area contributed by atoms with E-state index in [1.165, 1.54) is 0 Å². The van der Waals surface area contributed by atoms with Crippen molar-refractivity contribution >= 4 is 11.6 Å². The first kappa shape index (κ1) is 12.9. The topological polar surface area (TPSA) is 84.6 Å². The third-order valence-electron chi connectivity index (χ3n) is 3.04. The third kappa shape index (κ3) is 3.45. The summed E-state index contributed by atoms with van der Waals surface area (Å²) in [6.45, 7) is 1.07. The van der Waals surface area contributed by atoms with Gasteiger partial charge in [-0.15, -0.1) is 0 Å². The summed E-state index contributed by atoms with van der Waals surface area (Å²) >= 11 is 0. The van der Waals surface area contributed by atoms with Crippen molar-refractivity contribution in [2.24, 2.45) is 0 Å². The summed E-state index contributed by atoms with van der Waals surface area (Å²) in [6, 6.07) is 7.17. The molecule has 98 valence electrons. The molecule has 0 spiro atoms. The molecule has 1 aliphatic rings. The molecule has 0 saturated carbocycles. The number of amides is 1. The maximum absolute atomic E-state index is 11.7. The normalized spacial score (nSPS) is 22.9. The highest BCUT2D eigenvalue weighted by Gasteiger charge is 2.32. The minimum atomic E-state index is -0.906. The van der Waals surface area contributed by atoms with Crippen LogP contribution in [0.1, 0.15) is 12.0 Å². The largest absolute Gasteiger partial charge is 0.399 e. The molecule has 1 amide bonds. The number of nitrogens with two attached hydrogens (primary N) is 1. The number of nitrogen functional groups attached to an aromatic ring is 1. The fourth-order valence-corrected chi connectivity index (χ4v) is 1.88. The minimum absolute atomic E-state index is 0.111. The first-order valence-electron chi connectivity index (χ1n) is 5.99. The summed E-state index contributed by atoms with van der Waals surface area (Å²) in [4.78, 5) is 11.7. The summed E-state index contributed by atoms with van der Waals surface area (Å²) in [5, 5.41) is 12.7. The second-order valence-electron chi connectivity index (χ2n) is 4.72. The quantitative estimate of drug-likeness (QED) is 0.661. The zero-order valence-electron chi connectivity index (χ0n) is 10.2. The molecule has 1 aliphatic heterocycles. The van der Waals surface area contributed by atoms with Crippen LogP contribution in [0.2, 0.25) is 0 Å². The van der Waals surface area contributed by atoms with Crippen LogP contribution in [-0.2, 0) is 16.0 Å². The second kappa shape index (κ2) is 5.37. The number of ether oxygens (including phenoxy) is 1. The highest BCUT2D eigenvalue weighted by molar-refractivity contribution is 5.78. The van der Waals surface area contributed by atoms with Crippen LogP contribution in [0.3, 0.4) is 0 Å². The van der Waals surface area contributed by atoms with Gasteiger partial charge in [0.25, 0.3) is 0 Å². The number of benzene rings is 1. The van der Waals surface area contributed by atoms with Crippen LogP contribution < -0.4 is 11.1 Å². The Bertz CT molecular complexity index is 411. The minimum Gasteiger partial charge on any atom is -0.399 e. The average Bonchev–Trinajstić information content (AvgIpc) is 2.78. The van der Waals surface area contributed by atoms with Gasteiger partial charge in [-0.2, -0.15) is 0 Å². The maximum Gasteiger partial charge on any atom is 0.224 e. The Morgan fingerprint density at radius 2 is 2.17 bits per heavy atom. The number of hydrogen-bond donors (Lipinski definition) is 3. The van der Waals surface area contributed by atoms with Crippen molar-refractivity contribution in [1.82, 2.24) is 5.32 Å². The first-order chi connectivity index (χ1) is 8.57. The van der Waals surface area contributed by atoms with Crippen LogP contribution in [-0.4, -0.2) is 36.4 Å². The lowest BCUT2D eigenvalue weighted by molar-refractivity contribution is -0.121. The lowest BCUT2D eigenvalue weighted by Crippen LogP contribution is -2.43. The van der Waals surface area contributed by atoms with Crippen molar-refractivity contribution in [1.29, 1.82) is 0 Å². The molecule has 4 N–H and O–H groups in total. The molecule has 1 unspecified atom stereocenters. The number of nitrogens with one attached hydrogen (secondary N) is 1. The third-order valence-corrected chi connectivity index (χ3v) is 3.04. The van der Waals surface area contributed by atoms with Crippen LogP contribution >= 0.6 is 0 Å². The summed E-state index contributed by atoms with van der Waals surface area (Å²) in [5.41, 5.74) is 6.24. The molecule has 1 aromatic rings. The molecule has 1 aromatic carbocycles. The summed E-state index contributed by atoms with van der Waals surface area (Å²) in [5.74, 6) is -0.111. The number of anilines is 1. The van der Waals surface area contributed by atoms with Crippen molar-refractivity contribution in [2.45, 2.75) is 18.4 Å². The van der Waals surface area contributed by atoms with Crippen molar-refractivity contribution < 1.29 is 14.6 Å². The van der Waals surface area contributed by atoms with Gasteiger partial charge in [0.15, 0.2) is 0 Å². The maximum atomic E-state index is 11.7. The van der Waals surface area contributed by atoms with Crippen LogP contribution in [0, 0.1) is 0 Å². The molecule has 1 atom stereocenters. The smallest absolute Gasteiger partial charge is 0.224 e. The van der Waals surface area contributed by atoms with Gasteiger partial charge >= 0.3 is 0 Å². The predicted molar refractivity (Wildman–Crippen MR) is 68.0 cm³/mol. The van der Waals surface area contributed by atoms with Crippen LogP contribution in [0.5, 0.6) is 0 Å². The molecule has 1 saturated heterocycles. The lowest BCUT2D eigenvalue weighted by Gasteiger charge is -2.20. The van der Waals surface area contributed by atoms with E-state index < -0.39 is 5.60 Å². The highest BCUT2D eigenvalue weighted by atomic mass is 16.5. The van der Waals surface area contributed by atoms with E-state index in [1.807, 2.05) is 12.1 Å². The van der Waals surface area contributed by atoms with E-state index in [-0.39, 0.29) is 25.5 Å². The van der Waals surface area contributed by atoms with E-state index in [9.17, 15) is 9.90 Å². The predicted octanol–water partition coefficient (Wildman–Crippen LogP) is 0.0789. The van der Waals surface area contributed by atoms with Gasteiger partial charge in [0.1, 0.15) is 5.60 Å². The van der Waals surface area contributed by atoms with E-state index in [0.717, 1.165) is 5.56 Å². The van der Waals surface area contributed by atoms with Gasteiger partial charge in [0.05, 0.1) is 13.0 Å². The van der Waals surface area contributed by atoms with Crippen molar-refractivity contribution in [3.8, 4) is 0 Å². The van der Waals surface area contributed by atoms with Crippen molar-refractivity contribution in [2.75, 3.05) is 25.5 Å². The molecule has 2 rings (SSSR count). The zero-order chi connectivity index (χ0) is 13.0. The summed E-state index contributed by atoms with van der Waals surface area (Å²) in [6.07, 6.45) is 0.854. The SMILES string of the molecule is Nc1ccc(CC(=O)NCC2(O)CCOC2)cc1. The Morgan fingerprint density at radius 1 is 1.44 bits per heavy atom. The Morgan fingerprint density at radius 3 is 2.78 bits per heavy atom. The molecule has 0 aromatic heterocycles. The Balaban J connectivity index is 1.80.